The van der Waals surface area contributed by atoms with E-state index in [4.69, 9.17) is 0 Å². The molecule has 2 nitrogen and oxygen atoms in total. The van der Waals surface area contributed by atoms with Crippen molar-refractivity contribution in [3.05, 3.63) is 29.8 Å². The number of rotatable bonds is 4. The summed E-state index contributed by atoms with van der Waals surface area (Å²) in [4.78, 5) is 13.6. The van der Waals surface area contributed by atoms with E-state index in [0.29, 0.717) is 5.75 Å². The summed E-state index contributed by atoms with van der Waals surface area (Å²) in [5.74, 6) is 0.718. The summed E-state index contributed by atoms with van der Waals surface area (Å²) in [5.41, 5.74) is 2.20. The standard InChI is InChI=1S/C12H17NOS/c1-4-13(12(14)9-15-3)11-7-5-10(2)6-8-11/h5-8H,4,9H2,1-3H3. The first kappa shape index (κ1) is 12.1. The number of hydrogen-bond donors (Lipinski definition) is 0. The van der Waals surface area contributed by atoms with Crippen LogP contribution in [0.2, 0.25) is 0 Å². The molecule has 0 heterocycles. The SMILES string of the molecule is CCN(C(=O)CSC)c1ccc(C)cc1. The minimum atomic E-state index is 0.175. The zero-order chi connectivity index (χ0) is 11.3. The lowest BCUT2D eigenvalue weighted by atomic mass is 10.2. The molecule has 0 spiro atoms. The van der Waals surface area contributed by atoms with Gasteiger partial charge < -0.3 is 4.90 Å². The molecule has 15 heavy (non-hydrogen) atoms. The smallest absolute Gasteiger partial charge is 0.236 e. The highest BCUT2D eigenvalue weighted by Gasteiger charge is 2.12. The van der Waals surface area contributed by atoms with E-state index in [1.807, 2.05) is 49.3 Å². The molecule has 1 aromatic rings. The maximum atomic E-state index is 11.8. The lowest BCUT2D eigenvalue weighted by molar-refractivity contribution is -0.116. The number of carbonyl (C=O) groups is 1. The van der Waals surface area contributed by atoms with E-state index in [9.17, 15) is 4.79 Å². The quantitative estimate of drug-likeness (QED) is 0.782. The highest BCUT2D eigenvalue weighted by Crippen LogP contribution is 2.15. The molecule has 0 aromatic heterocycles. The number of thioether (sulfide) groups is 1. The van der Waals surface area contributed by atoms with Gasteiger partial charge in [0, 0.05) is 12.2 Å². The lowest BCUT2D eigenvalue weighted by Gasteiger charge is -2.20. The van der Waals surface area contributed by atoms with Crippen molar-refractivity contribution in [3.63, 3.8) is 0 Å². The third kappa shape index (κ3) is 3.27. The Kier molecular flexibility index (Phi) is 4.69. The summed E-state index contributed by atoms with van der Waals surface area (Å²) in [7, 11) is 0. The Morgan fingerprint density at radius 3 is 2.40 bits per heavy atom. The molecule has 0 aliphatic rings. The van der Waals surface area contributed by atoms with E-state index in [1.165, 1.54) is 5.56 Å². The fourth-order valence-electron chi connectivity index (χ4n) is 1.43. The van der Waals surface area contributed by atoms with Crippen molar-refractivity contribution >= 4 is 23.4 Å². The van der Waals surface area contributed by atoms with Crippen molar-refractivity contribution in [2.24, 2.45) is 0 Å². The van der Waals surface area contributed by atoms with Crippen molar-refractivity contribution < 1.29 is 4.79 Å². The first-order valence-electron chi connectivity index (χ1n) is 5.05. The van der Waals surface area contributed by atoms with Crippen LogP contribution in [0.3, 0.4) is 0 Å². The number of hydrogen-bond acceptors (Lipinski definition) is 2. The van der Waals surface area contributed by atoms with Crippen LogP contribution < -0.4 is 4.90 Å². The molecule has 0 saturated heterocycles. The number of carbonyl (C=O) groups excluding carboxylic acids is 1. The average molecular weight is 223 g/mol. The molecule has 82 valence electrons. The number of amides is 1. The van der Waals surface area contributed by atoms with Crippen molar-refractivity contribution in [2.75, 3.05) is 23.5 Å². The molecule has 0 radical (unpaired) electrons. The molecule has 0 aliphatic heterocycles. The topological polar surface area (TPSA) is 20.3 Å². The average Bonchev–Trinajstić information content (AvgIpc) is 2.22. The van der Waals surface area contributed by atoms with Crippen LogP contribution in [0.4, 0.5) is 5.69 Å². The van der Waals surface area contributed by atoms with Crippen LogP contribution in [0, 0.1) is 6.92 Å². The van der Waals surface area contributed by atoms with Gasteiger partial charge in [0.25, 0.3) is 0 Å². The van der Waals surface area contributed by atoms with Gasteiger partial charge >= 0.3 is 0 Å². The summed E-state index contributed by atoms with van der Waals surface area (Å²) in [5, 5.41) is 0. The molecule has 0 fully saturated rings. The van der Waals surface area contributed by atoms with E-state index in [-0.39, 0.29) is 5.91 Å². The van der Waals surface area contributed by atoms with Crippen molar-refractivity contribution in [2.45, 2.75) is 13.8 Å². The van der Waals surface area contributed by atoms with Gasteiger partial charge in [-0.1, -0.05) is 17.7 Å². The van der Waals surface area contributed by atoms with Gasteiger partial charge in [-0.15, -0.1) is 0 Å². The van der Waals surface area contributed by atoms with Crippen LogP contribution in [-0.2, 0) is 4.79 Å². The molecule has 0 bridgehead atoms. The first-order valence-corrected chi connectivity index (χ1v) is 6.44. The predicted octanol–water partition coefficient (Wildman–Crippen LogP) is 2.71. The normalized spacial score (nSPS) is 10.1. The van der Waals surface area contributed by atoms with Crippen LogP contribution in [0.25, 0.3) is 0 Å². The Balaban J connectivity index is 2.82. The number of benzene rings is 1. The van der Waals surface area contributed by atoms with Crippen LogP contribution >= 0.6 is 11.8 Å². The largest absolute Gasteiger partial charge is 0.312 e. The first-order chi connectivity index (χ1) is 7.19. The summed E-state index contributed by atoms with van der Waals surface area (Å²) in [6, 6.07) is 8.06. The Morgan fingerprint density at radius 2 is 1.93 bits per heavy atom. The Morgan fingerprint density at radius 1 is 1.33 bits per heavy atom. The Labute approximate surface area is 95.7 Å². The Hall–Kier alpha value is -0.960. The monoisotopic (exact) mass is 223 g/mol. The van der Waals surface area contributed by atoms with Crippen LogP contribution in [-0.4, -0.2) is 24.5 Å². The molecule has 0 unspecified atom stereocenters. The number of nitrogens with zero attached hydrogens (tertiary/aromatic N) is 1. The van der Waals surface area contributed by atoms with Gasteiger partial charge in [-0.2, -0.15) is 11.8 Å². The summed E-state index contributed by atoms with van der Waals surface area (Å²) < 4.78 is 0. The van der Waals surface area contributed by atoms with Gasteiger partial charge in [0.1, 0.15) is 0 Å². The number of anilines is 1. The van der Waals surface area contributed by atoms with E-state index in [0.717, 1.165) is 12.2 Å². The highest BCUT2D eigenvalue weighted by atomic mass is 32.2. The molecule has 0 saturated carbocycles. The third-order valence-electron chi connectivity index (χ3n) is 2.23. The Bertz CT molecular complexity index is 321. The van der Waals surface area contributed by atoms with Crippen molar-refractivity contribution in [3.8, 4) is 0 Å². The second kappa shape index (κ2) is 5.81. The highest BCUT2D eigenvalue weighted by molar-refractivity contribution is 7.99. The van der Waals surface area contributed by atoms with E-state index < -0.39 is 0 Å². The third-order valence-corrected chi connectivity index (χ3v) is 2.77. The van der Waals surface area contributed by atoms with Gasteiger partial charge in [0.15, 0.2) is 0 Å². The fraction of sp³-hybridized carbons (Fsp3) is 0.417. The molecule has 0 atom stereocenters. The molecule has 1 rings (SSSR count). The van der Waals surface area contributed by atoms with Crippen LogP contribution in [0.15, 0.2) is 24.3 Å². The van der Waals surface area contributed by atoms with Gasteiger partial charge in [-0.3, -0.25) is 4.79 Å². The van der Waals surface area contributed by atoms with E-state index in [1.54, 1.807) is 11.8 Å². The number of aryl methyl sites for hydroxylation is 1. The summed E-state index contributed by atoms with van der Waals surface area (Å²) >= 11 is 1.56. The van der Waals surface area contributed by atoms with E-state index >= 15 is 0 Å². The lowest BCUT2D eigenvalue weighted by Crippen LogP contribution is -2.31. The summed E-state index contributed by atoms with van der Waals surface area (Å²) in [6.07, 6.45) is 1.95. The van der Waals surface area contributed by atoms with Crippen molar-refractivity contribution in [1.29, 1.82) is 0 Å². The second-order valence-electron chi connectivity index (χ2n) is 3.41. The van der Waals surface area contributed by atoms with Crippen molar-refractivity contribution in [1.82, 2.24) is 0 Å². The zero-order valence-corrected chi connectivity index (χ0v) is 10.3. The molecule has 1 aromatic carbocycles. The molecular weight excluding hydrogens is 206 g/mol. The predicted molar refractivity (Wildman–Crippen MR) is 67.6 cm³/mol. The van der Waals surface area contributed by atoms with Crippen LogP contribution in [0.5, 0.6) is 0 Å². The molecule has 1 amide bonds. The zero-order valence-electron chi connectivity index (χ0n) is 9.49. The van der Waals surface area contributed by atoms with Gasteiger partial charge in [0.05, 0.1) is 5.75 Å². The summed E-state index contributed by atoms with van der Waals surface area (Å²) in [6.45, 7) is 4.77. The molecular formula is C12H17NOS. The fourth-order valence-corrected chi connectivity index (χ4v) is 1.83. The molecule has 0 N–H and O–H groups in total. The minimum absolute atomic E-state index is 0.175. The molecule has 3 heteroatoms. The molecule has 0 aliphatic carbocycles. The van der Waals surface area contributed by atoms with Crippen LogP contribution in [0.1, 0.15) is 12.5 Å². The second-order valence-corrected chi connectivity index (χ2v) is 4.27. The minimum Gasteiger partial charge on any atom is -0.312 e. The maximum Gasteiger partial charge on any atom is 0.236 e. The van der Waals surface area contributed by atoms with Gasteiger partial charge in [0.2, 0.25) is 5.91 Å². The van der Waals surface area contributed by atoms with Gasteiger partial charge in [-0.25, -0.2) is 0 Å². The van der Waals surface area contributed by atoms with E-state index in [2.05, 4.69) is 0 Å². The maximum absolute atomic E-state index is 11.8. The van der Waals surface area contributed by atoms with Gasteiger partial charge in [-0.05, 0) is 32.2 Å².